The molecular weight excluding hydrogens is 308 g/mol. The lowest BCUT2D eigenvalue weighted by atomic mass is 9.96. The fraction of sp³-hybridized carbons (Fsp3) is 0.611. The van der Waals surface area contributed by atoms with E-state index in [0.29, 0.717) is 13.0 Å². The lowest BCUT2D eigenvalue weighted by molar-refractivity contribution is 0.0743. The van der Waals surface area contributed by atoms with Crippen molar-refractivity contribution in [3.63, 3.8) is 0 Å². The molecule has 1 rings (SSSR count). The summed E-state index contributed by atoms with van der Waals surface area (Å²) in [5.41, 5.74) is -0.340. The third-order valence-electron chi connectivity index (χ3n) is 3.65. The standard InChI is InChI=1S/C18H26N2O4/c1-11(2)9-15(21)16-13(5)14(10-19)17(22)20(18(16)23)7-6-8-24-12(3)4/h11-12,23H,6-9H2,1-5H3. The predicted molar refractivity (Wildman–Crippen MR) is 91.3 cm³/mol. The molecule has 0 saturated heterocycles. The zero-order valence-electron chi connectivity index (χ0n) is 15.0. The van der Waals surface area contributed by atoms with Crippen LogP contribution < -0.4 is 5.56 Å². The van der Waals surface area contributed by atoms with Crippen LogP contribution in [0.1, 0.15) is 62.0 Å². The van der Waals surface area contributed by atoms with Crippen molar-refractivity contribution in [2.75, 3.05) is 6.61 Å². The van der Waals surface area contributed by atoms with Crippen LogP contribution in [0, 0.1) is 24.2 Å². The van der Waals surface area contributed by atoms with Gasteiger partial charge in [-0.05, 0) is 38.7 Å². The summed E-state index contributed by atoms with van der Waals surface area (Å²) in [4.78, 5) is 24.8. The summed E-state index contributed by atoms with van der Waals surface area (Å²) < 4.78 is 6.52. The lowest BCUT2D eigenvalue weighted by Crippen LogP contribution is -2.27. The summed E-state index contributed by atoms with van der Waals surface area (Å²) in [5.74, 6) is -0.503. The maximum Gasteiger partial charge on any atom is 0.271 e. The van der Waals surface area contributed by atoms with Gasteiger partial charge in [-0.2, -0.15) is 5.26 Å². The minimum absolute atomic E-state index is 0.0737. The molecule has 0 radical (unpaired) electrons. The molecule has 0 spiro atoms. The highest BCUT2D eigenvalue weighted by atomic mass is 16.5. The van der Waals surface area contributed by atoms with E-state index >= 15 is 0 Å². The number of aromatic nitrogens is 1. The second-order valence-corrected chi connectivity index (χ2v) is 6.56. The van der Waals surface area contributed by atoms with E-state index in [1.54, 1.807) is 0 Å². The van der Waals surface area contributed by atoms with Crippen LogP contribution in [-0.4, -0.2) is 28.2 Å². The molecule has 6 heteroatoms. The Morgan fingerprint density at radius 1 is 1.33 bits per heavy atom. The van der Waals surface area contributed by atoms with Crippen LogP contribution >= 0.6 is 0 Å². The van der Waals surface area contributed by atoms with E-state index in [-0.39, 0.29) is 53.3 Å². The van der Waals surface area contributed by atoms with Crippen molar-refractivity contribution < 1.29 is 14.6 Å². The van der Waals surface area contributed by atoms with Crippen LogP contribution in [-0.2, 0) is 11.3 Å². The third-order valence-corrected chi connectivity index (χ3v) is 3.65. The molecule has 0 aliphatic heterocycles. The minimum Gasteiger partial charge on any atom is -0.494 e. The molecule has 0 fully saturated rings. The Morgan fingerprint density at radius 2 is 1.96 bits per heavy atom. The molecule has 0 aromatic carbocycles. The van der Waals surface area contributed by atoms with Gasteiger partial charge in [0.1, 0.15) is 11.6 Å². The molecule has 6 nitrogen and oxygen atoms in total. The number of ketones is 1. The molecule has 1 heterocycles. The second-order valence-electron chi connectivity index (χ2n) is 6.56. The molecule has 0 aliphatic rings. The van der Waals surface area contributed by atoms with Crippen LogP contribution in [0.3, 0.4) is 0 Å². The first-order chi connectivity index (χ1) is 11.2. The molecule has 0 aliphatic carbocycles. The number of ether oxygens (including phenoxy) is 1. The number of rotatable bonds is 8. The highest BCUT2D eigenvalue weighted by molar-refractivity contribution is 6.00. The van der Waals surface area contributed by atoms with Crippen LogP contribution in [0.15, 0.2) is 4.79 Å². The number of carbonyl (C=O) groups is 1. The predicted octanol–water partition coefficient (Wildman–Crippen LogP) is 2.78. The van der Waals surface area contributed by atoms with E-state index in [0.717, 1.165) is 4.57 Å². The number of carbonyl (C=O) groups excluding carboxylic acids is 1. The first-order valence-corrected chi connectivity index (χ1v) is 8.21. The van der Waals surface area contributed by atoms with Crippen LogP contribution in [0.4, 0.5) is 0 Å². The van der Waals surface area contributed by atoms with Gasteiger partial charge >= 0.3 is 0 Å². The van der Waals surface area contributed by atoms with E-state index in [1.807, 2.05) is 33.8 Å². The molecular formula is C18H26N2O4. The summed E-state index contributed by atoms with van der Waals surface area (Å²) in [6.45, 7) is 9.75. The third kappa shape index (κ3) is 4.68. The van der Waals surface area contributed by atoms with Crippen molar-refractivity contribution in [3.05, 3.63) is 27.0 Å². The van der Waals surface area contributed by atoms with Gasteiger partial charge in [-0.1, -0.05) is 13.8 Å². The van der Waals surface area contributed by atoms with Crippen molar-refractivity contribution >= 4 is 5.78 Å². The fourth-order valence-electron chi connectivity index (χ4n) is 2.51. The van der Waals surface area contributed by atoms with Crippen LogP contribution in [0.2, 0.25) is 0 Å². The second kappa shape index (κ2) is 8.65. The first-order valence-electron chi connectivity index (χ1n) is 8.21. The topological polar surface area (TPSA) is 92.3 Å². The van der Waals surface area contributed by atoms with Gasteiger partial charge in [0, 0.05) is 19.6 Å². The van der Waals surface area contributed by atoms with Gasteiger partial charge in [-0.25, -0.2) is 0 Å². The van der Waals surface area contributed by atoms with Crippen molar-refractivity contribution in [2.24, 2.45) is 5.92 Å². The number of aromatic hydroxyl groups is 1. The number of hydrogen-bond acceptors (Lipinski definition) is 5. The molecule has 1 aromatic heterocycles. The molecule has 0 amide bonds. The molecule has 1 N–H and O–H groups in total. The Balaban J connectivity index is 3.26. The Morgan fingerprint density at radius 3 is 2.46 bits per heavy atom. The van der Waals surface area contributed by atoms with Crippen molar-refractivity contribution in [1.29, 1.82) is 5.26 Å². The number of nitriles is 1. The van der Waals surface area contributed by atoms with Gasteiger partial charge in [-0.15, -0.1) is 0 Å². The summed E-state index contributed by atoms with van der Waals surface area (Å²) in [6.07, 6.45) is 0.817. The van der Waals surface area contributed by atoms with Crippen LogP contribution in [0.25, 0.3) is 0 Å². The summed E-state index contributed by atoms with van der Waals surface area (Å²) >= 11 is 0. The molecule has 132 valence electrons. The Hall–Kier alpha value is -2.13. The molecule has 0 saturated carbocycles. The van der Waals surface area contributed by atoms with Crippen molar-refractivity contribution in [1.82, 2.24) is 4.57 Å². The van der Waals surface area contributed by atoms with Gasteiger partial charge in [0.15, 0.2) is 5.78 Å². The molecule has 24 heavy (non-hydrogen) atoms. The van der Waals surface area contributed by atoms with Gasteiger partial charge in [0.2, 0.25) is 5.88 Å². The number of nitrogens with zero attached hydrogens (tertiary/aromatic N) is 2. The molecule has 0 unspecified atom stereocenters. The van der Waals surface area contributed by atoms with Gasteiger partial charge in [-0.3, -0.25) is 14.2 Å². The van der Waals surface area contributed by atoms with Gasteiger partial charge in [0.05, 0.1) is 11.7 Å². The summed E-state index contributed by atoms with van der Waals surface area (Å²) in [7, 11) is 0. The normalized spacial score (nSPS) is 11.1. The van der Waals surface area contributed by atoms with Crippen LogP contribution in [0.5, 0.6) is 5.88 Å². The Labute approximate surface area is 142 Å². The van der Waals surface area contributed by atoms with Crippen molar-refractivity contribution in [3.8, 4) is 11.9 Å². The maximum atomic E-state index is 12.4. The minimum atomic E-state index is -0.571. The van der Waals surface area contributed by atoms with Gasteiger partial charge in [0.25, 0.3) is 5.56 Å². The average molecular weight is 334 g/mol. The van der Waals surface area contributed by atoms with E-state index in [1.165, 1.54) is 6.92 Å². The smallest absolute Gasteiger partial charge is 0.271 e. The number of pyridine rings is 1. The number of Topliss-reactive ketones (excluding diaryl/α,β-unsaturated/α-hetero) is 1. The highest BCUT2D eigenvalue weighted by Gasteiger charge is 2.24. The highest BCUT2D eigenvalue weighted by Crippen LogP contribution is 2.24. The monoisotopic (exact) mass is 334 g/mol. The average Bonchev–Trinajstić information content (AvgIpc) is 2.45. The Bertz CT molecular complexity index is 696. The SMILES string of the molecule is Cc1c(C(=O)CC(C)C)c(O)n(CCCOC(C)C)c(=O)c1C#N. The lowest BCUT2D eigenvalue weighted by Gasteiger charge is -2.16. The quantitative estimate of drug-likeness (QED) is 0.583. The van der Waals surface area contributed by atoms with Crippen molar-refractivity contribution in [2.45, 2.75) is 60.1 Å². The summed E-state index contributed by atoms with van der Waals surface area (Å²) in [6, 6.07) is 1.86. The van der Waals surface area contributed by atoms with Gasteiger partial charge < -0.3 is 9.84 Å². The maximum absolute atomic E-state index is 12.4. The zero-order valence-corrected chi connectivity index (χ0v) is 15.0. The van der Waals surface area contributed by atoms with E-state index < -0.39 is 5.56 Å². The largest absolute Gasteiger partial charge is 0.494 e. The molecule has 0 bridgehead atoms. The summed E-state index contributed by atoms with van der Waals surface area (Å²) in [5, 5.41) is 19.7. The van der Waals surface area contributed by atoms with E-state index in [9.17, 15) is 20.0 Å². The molecule has 1 aromatic rings. The fourth-order valence-corrected chi connectivity index (χ4v) is 2.51. The van der Waals surface area contributed by atoms with E-state index in [2.05, 4.69) is 0 Å². The molecule has 0 atom stereocenters. The zero-order chi connectivity index (χ0) is 18.4. The number of hydrogen-bond donors (Lipinski definition) is 1. The Kier molecular flexibility index (Phi) is 7.18. The van der Waals surface area contributed by atoms with E-state index in [4.69, 9.17) is 4.74 Å². The first kappa shape index (κ1) is 19.9.